The molecule has 1 N–H and O–H groups in total. The average Bonchev–Trinajstić information content (AvgIpc) is 2.39. The molecule has 104 valence electrons. The molecule has 0 unspecified atom stereocenters. The quantitative estimate of drug-likeness (QED) is 0.819. The predicted molar refractivity (Wildman–Crippen MR) is 80.8 cm³/mol. The molecule has 1 aromatic rings. The lowest BCUT2D eigenvalue weighted by Crippen LogP contribution is -2.04. The molecule has 2 nitrogen and oxygen atoms in total. The standard InChI is InChI=1S/C16H20O2.ClH/c1-12(11-16(17)18)13-7-9-15(10-8-13)14-5-3-2-4-6-14;/h7-11,14H,2-6H2,1H3,(H,17,18);1H. The van der Waals surface area contributed by atoms with Gasteiger partial charge in [0.1, 0.15) is 0 Å². The van der Waals surface area contributed by atoms with Crippen molar-refractivity contribution in [3.63, 3.8) is 0 Å². The number of carboxylic acids is 1. The Labute approximate surface area is 120 Å². The normalized spacial score (nSPS) is 16.8. The molecule has 0 aliphatic heterocycles. The van der Waals surface area contributed by atoms with Crippen molar-refractivity contribution in [1.82, 2.24) is 0 Å². The molecule has 0 saturated heterocycles. The van der Waals surface area contributed by atoms with Crippen LogP contribution in [-0.4, -0.2) is 11.1 Å². The van der Waals surface area contributed by atoms with Gasteiger partial charge in [0.15, 0.2) is 0 Å². The summed E-state index contributed by atoms with van der Waals surface area (Å²) < 4.78 is 0. The van der Waals surface area contributed by atoms with E-state index in [2.05, 4.69) is 12.1 Å². The highest BCUT2D eigenvalue weighted by Crippen LogP contribution is 2.32. The minimum atomic E-state index is -0.885. The second kappa shape index (κ2) is 7.34. The third kappa shape index (κ3) is 4.39. The van der Waals surface area contributed by atoms with E-state index >= 15 is 0 Å². The number of benzene rings is 1. The van der Waals surface area contributed by atoms with Crippen molar-refractivity contribution in [3.8, 4) is 0 Å². The summed E-state index contributed by atoms with van der Waals surface area (Å²) in [4.78, 5) is 10.6. The highest BCUT2D eigenvalue weighted by molar-refractivity contribution is 5.89. The Morgan fingerprint density at radius 3 is 2.26 bits per heavy atom. The van der Waals surface area contributed by atoms with Crippen molar-refractivity contribution in [3.05, 3.63) is 41.5 Å². The number of halogens is 1. The lowest BCUT2D eigenvalue weighted by molar-refractivity contribution is -0.131. The van der Waals surface area contributed by atoms with E-state index in [0.29, 0.717) is 5.92 Å². The van der Waals surface area contributed by atoms with E-state index in [9.17, 15) is 4.79 Å². The molecule has 1 aliphatic carbocycles. The minimum absolute atomic E-state index is 0. The van der Waals surface area contributed by atoms with Gasteiger partial charge in [0.05, 0.1) is 0 Å². The molecule has 0 atom stereocenters. The fourth-order valence-electron chi connectivity index (χ4n) is 2.72. The zero-order valence-electron chi connectivity index (χ0n) is 11.3. The van der Waals surface area contributed by atoms with E-state index in [4.69, 9.17) is 5.11 Å². The lowest BCUT2D eigenvalue weighted by atomic mass is 9.84. The zero-order valence-corrected chi connectivity index (χ0v) is 12.1. The van der Waals surface area contributed by atoms with Crippen LogP contribution in [0.15, 0.2) is 30.3 Å². The maximum atomic E-state index is 10.6. The SMILES string of the molecule is CC(=CC(=O)O)c1ccc(C2CCCCC2)cc1.Cl. The van der Waals surface area contributed by atoms with Crippen LogP contribution in [0.1, 0.15) is 56.1 Å². The molecule has 0 bridgehead atoms. The summed E-state index contributed by atoms with van der Waals surface area (Å²) in [7, 11) is 0. The topological polar surface area (TPSA) is 37.3 Å². The van der Waals surface area contributed by atoms with Gasteiger partial charge in [-0.2, -0.15) is 0 Å². The van der Waals surface area contributed by atoms with Crippen LogP contribution in [0.2, 0.25) is 0 Å². The van der Waals surface area contributed by atoms with Gasteiger partial charge >= 0.3 is 5.97 Å². The summed E-state index contributed by atoms with van der Waals surface area (Å²) in [5, 5.41) is 8.73. The summed E-state index contributed by atoms with van der Waals surface area (Å²) in [5.74, 6) is -0.180. The minimum Gasteiger partial charge on any atom is -0.478 e. The van der Waals surface area contributed by atoms with Crippen LogP contribution < -0.4 is 0 Å². The van der Waals surface area contributed by atoms with Crippen LogP contribution in [0, 0.1) is 0 Å². The zero-order chi connectivity index (χ0) is 13.0. The molecule has 0 spiro atoms. The largest absolute Gasteiger partial charge is 0.478 e. The highest BCUT2D eigenvalue weighted by atomic mass is 35.5. The van der Waals surface area contributed by atoms with Crippen LogP contribution in [-0.2, 0) is 4.79 Å². The number of allylic oxidation sites excluding steroid dienone is 1. The molecule has 1 saturated carbocycles. The molecule has 3 heteroatoms. The first-order valence-corrected chi connectivity index (χ1v) is 6.68. The van der Waals surface area contributed by atoms with Crippen LogP contribution >= 0.6 is 12.4 Å². The van der Waals surface area contributed by atoms with Gasteiger partial charge in [-0.05, 0) is 42.4 Å². The number of aliphatic carboxylic acids is 1. The molecule has 0 heterocycles. The molecule has 0 radical (unpaired) electrons. The van der Waals surface area contributed by atoms with E-state index in [1.54, 1.807) is 0 Å². The first-order chi connectivity index (χ1) is 8.66. The van der Waals surface area contributed by atoms with E-state index in [1.165, 1.54) is 43.7 Å². The van der Waals surface area contributed by atoms with Gasteiger partial charge in [0.25, 0.3) is 0 Å². The summed E-state index contributed by atoms with van der Waals surface area (Å²) in [6, 6.07) is 8.40. The Morgan fingerprint density at radius 2 is 1.74 bits per heavy atom. The van der Waals surface area contributed by atoms with E-state index in [-0.39, 0.29) is 12.4 Å². The second-order valence-corrected chi connectivity index (χ2v) is 5.12. The summed E-state index contributed by atoms with van der Waals surface area (Å²) >= 11 is 0. The van der Waals surface area contributed by atoms with Gasteiger partial charge in [-0.25, -0.2) is 4.79 Å². The van der Waals surface area contributed by atoms with Gasteiger partial charge in [-0.1, -0.05) is 43.5 Å². The smallest absolute Gasteiger partial charge is 0.328 e. The van der Waals surface area contributed by atoms with Gasteiger partial charge in [0, 0.05) is 6.08 Å². The van der Waals surface area contributed by atoms with Crippen LogP contribution in [0.5, 0.6) is 0 Å². The number of carbonyl (C=O) groups is 1. The number of hydrogen-bond donors (Lipinski definition) is 1. The Kier molecular flexibility index (Phi) is 6.10. The number of hydrogen-bond acceptors (Lipinski definition) is 1. The van der Waals surface area contributed by atoms with Gasteiger partial charge in [-0.3, -0.25) is 0 Å². The van der Waals surface area contributed by atoms with Gasteiger partial charge in [-0.15, -0.1) is 12.4 Å². The Hall–Kier alpha value is -1.28. The van der Waals surface area contributed by atoms with Crippen molar-refractivity contribution in [2.75, 3.05) is 0 Å². The third-order valence-corrected chi connectivity index (χ3v) is 3.78. The van der Waals surface area contributed by atoms with Crippen LogP contribution in [0.4, 0.5) is 0 Å². The second-order valence-electron chi connectivity index (χ2n) is 5.12. The van der Waals surface area contributed by atoms with Crippen LogP contribution in [0.3, 0.4) is 0 Å². The Bertz CT molecular complexity index is 442. The van der Waals surface area contributed by atoms with E-state index in [1.807, 2.05) is 19.1 Å². The predicted octanol–water partition coefficient (Wildman–Crippen LogP) is 4.64. The molecule has 1 fully saturated rings. The van der Waals surface area contributed by atoms with Crippen molar-refractivity contribution >= 4 is 23.9 Å². The third-order valence-electron chi connectivity index (χ3n) is 3.78. The maximum absolute atomic E-state index is 10.6. The first-order valence-electron chi connectivity index (χ1n) is 6.68. The van der Waals surface area contributed by atoms with E-state index in [0.717, 1.165) is 11.1 Å². The van der Waals surface area contributed by atoms with Crippen molar-refractivity contribution in [2.24, 2.45) is 0 Å². The molecule has 2 rings (SSSR count). The van der Waals surface area contributed by atoms with E-state index < -0.39 is 5.97 Å². The first kappa shape index (κ1) is 15.8. The number of rotatable bonds is 3. The monoisotopic (exact) mass is 280 g/mol. The van der Waals surface area contributed by atoms with Crippen molar-refractivity contribution in [2.45, 2.75) is 44.9 Å². The molecule has 1 aromatic carbocycles. The van der Waals surface area contributed by atoms with Gasteiger partial charge in [0.2, 0.25) is 0 Å². The maximum Gasteiger partial charge on any atom is 0.328 e. The van der Waals surface area contributed by atoms with Crippen molar-refractivity contribution < 1.29 is 9.90 Å². The molecule has 1 aliphatic rings. The van der Waals surface area contributed by atoms with Crippen LogP contribution in [0.25, 0.3) is 5.57 Å². The molecule has 0 aromatic heterocycles. The Balaban J connectivity index is 0.00000180. The average molecular weight is 281 g/mol. The molecule has 0 amide bonds. The number of carboxylic acid groups (broad SMARTS) is 1. The molecular formula is C16H21ClO2. The molecule has 19 heavy (non-hydrogen) atoms. The highest BCUT2D eigenvalue weighted by Gasteiger charge is 2.15. The van der Waals surface area contributed by atoms with Gasteiger partial charge < -0.3 is 5.11 Å². The van der Waals surface area contributed by atoms with Crippen molar-refractivity contribution in [1.29, 1.82) is 0 Å². The summed E-state index contributed by atoms with van der Waals surface area (Å²) in [5.41, 5.74) is 3.20. The fraction of sp³-hybridized carbons (Fsp3) is 0.438. The summed E-state index contributed by atoms with van der Waals surface area (Å²) in [6.07, 6.45) is 7.89. The summed E-state index contributed by atoms with van der Waals surface area (Å²) in [6.45, 7) is 1.84. The lowest BCUT2D eigenvalue weighted by Gasteiger charge is -2.22. The Morgan fingerprint density at radius 1 is 1.16 bits per heavy atom. The molecular weight excluding hydrogens is 260 g/mol. The fourth-order valence-corrected chi connectivity index (χ4v) is 2.72.